The van der Waals surface area contributed by atoms with Crippen molar-refractivity contribution in [3.63, 3.8) is 0 Å². The molecule has 0 aliphatic rings. The van der Waals surface area contributed by atoms with Crippen LogP contribution in [0.25, 0.3) is 11.1 Å². The van der Waals surface area contributed by atoms with Gasteiger partial charge in [0.05, 0.1) is 12.8 Å². The number of Topliss-reactive ketones (excluding diaryl/α,β-unsaturated/α-hetero) is 1. The Balaban J connectivity index is 1.56. The molecule has 1 aromatic heterocycles. The number of nitrogens with zero attached hydrogens (tertiary/aromatic N) is 1. The van der Waals surface area contributed by atoms with Crippen LogP contribution < -0.4 is 0 Å². The Labute approximate surface area is 181 Å². The van der Waals surface area contributed by atoms with Crippen LogP contribution >= 0.6 is 0 Å². The van der Waals surface area contributed by atoms with Crippen LogP contribution in [-0.4, -0.2) is 16.6 Å². The molecular weight excluding hydrogens is 386 g/mol. The molecule has 4 rings (SSSR count). The molecule has 4 aromatic rings. The number of hydrogen-bond donors (Lipinski definition) is 0. The Morgan fingerprint density at radius 1 is 0.742 bits per heavy atom. The van der Waals surface area contributed by atoms with Crippen LogP contribution in [0.15, 0.2) is 102 Å². The van der Waals surface area contributed by atoms with Crippen molar-refractivity contribution in [3.8, 4) is 11.1 Å². The van der Waals surface area contributed by atoms with E-state index in [0.717, 1.165) is 22.5 Å². The summed E-state index contributed by atoms with van der Waals surface area (Å²) in [5.41, 5.74) is 4.37. The predicted molar refractivity (Wildman–Crippen MR) is 121 cm³/mol. The molecule has 0 aliphatic carbocycles. The highest BCUT2D eigenvalue weighted by Crippen LogP contribution is 2.22. The molecule has 4 nitrogen and oxygen atoms in total. The van der Waals surface area contributed by atoms with Crippen molar-refractivity contribution in [2.75, 3.05) is 0 Å². The van der Waals surface area contributed by atoms with Gasteiger partial charge in [-0.25, -0.2) is 0 Å². The van der Waals surface area contributed by atoms with Crippen LogP contribution in [0, 0.1) is 0 Å². The van der Waals surface area contributed by atoms with Crippen molar-refractivity contribution in [3.05, 3.63) is 120 Å². The van der Waals surface area contributed by atoms with Gasteiger partial charge in [-0.05, 0) is 53.9 Å². The molecule has 3 aromatic carbocycles. The van der Waals surface area contributed by atoms with E-state index in [2.05, 4.69) is 0 Å². The summed E-state index contributed by atoms with van der Waals surface area (Å²) in [5, 5.41) is 0. The van der Waals surface area contributed by atoms with Gasteiger partial charge in [0.15, 0.2) is 5.78 Å². The molecule has 0 fully saturated rings. The van der Waals surface area contributed by atoms with E-state index in [4.69, 9.17) is 4.42 Å². The first-order chi connectivity index (χ1) is 15.1. The van der Waals surface area contributed by atoms with Crippen LogP contribution in [-0.2, 0) is 13.1 Å². The number of carbonyl (C=O) groups is 2. The van der Waals surface area contributed by atoms with Gasteiger partial charge in [0.1, 0.15) is 5.76 Å². The van der Waals surface area contributed by atoms with Gasteiger partial charge in [-0.1, -0.05) is 60.7 Å². The highest BCUT2D eigenvalue weighted by molar-refractivity contribution is 5.95. The lowest BCUT2D eigenvalue weighted by atomic mass is 10.0. The normalized spacial score (nSPS) is 10.6. The molecular formula is C27H23NO3. The van der Waals surface area contributed by atoms with E-state index in [1.807, 2.05) is 91.0 Å². The highest BCUT2D eigenvalue weighted by Gasteiger charge is 2.17. The molecule has 0 saturated carbocycles. The Bertz CT molecular complexity index is 1160. The quantitative estimate of drug-likeness (QED) is 0.352. The van der Waals surface area contributed by atoms with Crippen LogP contribution in [0.5, 0.6) is 0 Å². The molecule has 4 heteroatoms. The maximum Gasteiger partial charge on any atom is 0.254 e. The zero-order chi connectivity index (χ0) is 21.6. The first kappa shape index (κ1) is 20.4. The maximum absolute atomic E-state index is 13.1. The molecule has 31 heavy (non-hydrogen) atoms. The monoisotopic (exact) mass is 409 g/mol. The second-order valence-corrected chi connectivity index (χ2v) is 7.44. The summed E-state index contributed by atoms with van der Waals surface area (Å²) in [4.78, 5) is 26.6. The largest absolute Gasteiger partial charge is 0.467 e. The zero-order valence-corrected chi connectivity index (χ0v) is 17.3. The van der Waals surface area contributed by atoms with Crippen LogP contribution in [0.1, 0.15) is 39.0 Å². The molecule has 0 N–H and O–H groups in total. The number of hydrogen-bond acceptors (Lipinski definition) is 3. The Morgan fingerprint density at radius 3 is 2.16 bits per heavy atom. The molecule has 0 radical (unpaired) electrons. The topological polar surface area (TPSA) is 50.5 Å². The third-order valence-electron chi connectivity index (χ3n) is 5.16. The summed E-state index contributed by atoms with van der Waals surface area (Å²) in [5.74, 6) is 0.739. The SMILES string of the molecule is CC(=O)c1cccc(-c2ccc(CN(Cc3ccco3)C(=O)c3ccccc3)cc2)c1. The lowest BCUT2D eigenvalue weighted by Crippen LogP contribution is -2.30. The van der Waals surface area contributed by atoms with E-state index in [1.165, 1.54) is 0 Å². The van der Waals surface area contributed by atoms with Gasteiger partial charge in [-0.15, -0.1) is 0 Å². The van der Waals surface area contributed by atoms with Gasteiger partial charge < -0.3 is 9.32 Å². The van der Waals surface area contributed by atoms with E-state index in [9.17, 15) is 9.59 Å². The molecule has 0 spiro atoms. The average Bonchev–Trinajstić information content (AvgIpc) is 3.32. The van der Waals surface area contributed by atoms with Crippen molar-refractivity contribution in [2.24, 2.45) is 0 Å². The third-order valence-corrected chi connectivity index (χ3v) is 5.16. The van der Waals surface area contributed by atoms with E-state index in [1.54, 1.807) is 18.1 Å². The van der Waals surface area contributed by atoms with E-state index in [0.29, 0.717) is 24.2 Å². The lowest BCUT2D eigenvalue weighted by molar-refractivity contribution is 0.0717. The molecule has 1 amide bonds. The van der Waals surface area contributed by atoms with Gasteiger partial charge in [-0.2, -0.15) is 0 Å². The average molecular weight is 409 g/mol. The summed E-state index contributed by atoms with van der Waals surface area (Å²) < 4.78 is 5.47. The molecule has 0 atom stereocenters. The summed E-state index contributed by atoms with van der Waals surface area (Å²) in [6.45, 7) is 2.42. The van der Waals surface area contributed by atoms with Crippen molar-refractivity contribution in [2.45, 2.75) is 20.0 Å². The Kier molecular flexibility index (Phi) is 6.08. The van der Waals surface area contributed by atoms with Gasteiger partial charge in [-0.3, -0.25) is 9.59 Å². The van der Waals surface area contributed by atoms with E-state index in [-0.39, 0.29) is 11.7 Å². The smallest absolute Gasteiger partial charge is 0.254 e. The molecule has 0 aliphatic heterocycles. The van der Waals surface area contributed by atoms with Crippen molar-refractivity contribution >= 4 is 11.7 Å². The number of ketones is 1. The molecule has 0 unspecified atom stereocenters. The first-order valence-corrected chi connectivity index (χ1v) is 10.2. The second-order valence-electron chi connectivity index (χ2n) is 7.44. The third kappa shape index (κ3) is 4.98. The number of benzene rings is 3. The van der Waals surface area contributed by atoms with Crippen LogP contribution in [0.3, 0.4) is 0 Å². The number of furan rings is 1. The molecule has 0 bridgehead atoms. The Hall–Kier alpha value is -3.92. The minimum atomic E-state index is -0.0461. The fraction of sp³-hybridized carbons (Fsp3) is 0.111. The van der Waals surface area contributed by atoms with Crippen molar-refractivity contribution in [1.82, 2.24) is 4.90 Å². The number of carbonyl (C=O) groups excluding carboxylic acids is 2. The minimum Gasteiger partial charge on any atom is -0.467 e. The summed E-state index contributed by atoms with van der Waals surface area (Å²) in [7, 11) is 0. The van der Waals surface area contributed by atoms with Crippen LogP contribution in [0.4, 0.5) is 0 Å². The fourth-order valence-corrected chi connectivity index (χ4v) is 3.49. The first-order valence-electron chi connectivity index (χ1n) is 10.2. The zero-order valence-electron chi connectivity index (χ0n) is 17.3. The fourth-order valence-electron chi connectivity index (χ4n) is 3.49. The highest BCUT2D eigenvalue weighted by atomic mass is 16.3. The maximum atomic E-state index is 13.1. The summed E-state index contributed by atoms with van der Waals surface area (Å²) in [6, 6.07) is 28.6. The lowest BCUT2D eigenvalue weighted by Gasteiger charge is -2.22. The van der Waals surface area contributed by atoms with Crippen molar-refractivity contribution < 1.29 is 14.0 Å². The van der Waals surface area contributed by atoms with Gasteiger partial charge >= 0.3 is 0 Å². The predicted octanol–water partition coefficient (Wildman–Crippen LogP) is 5.99. The molecule has 0 saturated heterocycles. The van der Waals surface area contributed by atoms with Gasteiger partial charge in [0.25, 0.3) is 5.91 Å². The molecule has 154 valence electrons. The summed E-state index contributed by atoms with van der Waals surface area (Å²) in [6.07, 6.45) is 1.62. The summed E-state index contributed by atoms with van der Waals surface area (Å²) >= 11 is 0. The second kappa shape index (κ2) is 9.26. The molecule has 1 heterocycles. The standard InChI is InChI=1S/C27H23NO3/c1-20(29)24-9-5-10-25(17-24)22-14-12-21(13-15-22)18-28(19-26-11-6-16-31-26)27(30)23-7-3-2-4-8-23/h2-17H,18-19H2,1H3. The van der Waals surface area contributed by atoms with Crippen molar-refractivity contribution in [1.29, 1.82) is 0 Å². The van der Waals surface area contributed by atoms with Gasteiger partial charge in [0, 0.05) is 17.7 Å². The van der Waals surface area contributed by atoms with E-state index < -0.39 is 0 Å². The minimum absolute atomic E-state index is 0.0461. The van der Waals surface area contributed by atoms with Crippen LogP contribution in [0.2, 0.25) is 0 Å². The van der Waals surface area contributed by atoms with Gasteiger partial charge in [0.2, 0.25) is 0 Å². The Morgan fingerprint density at radius 2 is 1.48 bits per heavy atom. The van der Waals surface area contributed by atoms with E-state index >= 15 is 0 Å². The number of rotatable bonds is 7. The number of amides is 1.